The normalized spacial score (nSPS) is 19.8. The van der Waals surface area contributed by atoms with Crippen molar-refractivity contribution in [2.24, 2.45) is 0 Å². The van der Waals surface area contributed by atoms with Gasteiger partial charge in [0.05, 0.1) is 6.26 Å². The summed E-state index contributed by atoms with van der Waals surface area (Å²) in [7, 11) is 4.09. The number of fused-ring (bicyclic) bond motifs is 3. The highest BCUT2D eigenvalue weighted by atomic mass is 16.3. The van der Waals surface area contributed by atoms with E-state index in [-0.39, 0.29) is 17.6 Å². The summed E-state index contributed by atoms with van der Waals surface area (Å²) in [5.41, 5.74) is 6.50. The van der Waals surface area contributed by atoms with Gasteiger partial charge in [0.2, 0.25) is 0 Å². The number of hydrogen-bond acceptors (Lipinski definition) is 4. The summed E-state index contributed by atoms with van der Waals surface area (Å²) >= 11 is 0. The van der Waals surface area contributed by atoms with Crippen LogP contribution in [-0.2, 0) is 4.79 Å². The van der Waals surface area contributed by atoms with Crippen molar-refractivity contribution in [2.45, 2.75) is 24.7 Å². The van der Waals surface area contributed by atoms with Crippen molar-refractivity contribution in [3.8, 4) is 0 Å². The first kappa shape index (κ1) is 19.9. The number of ketones is 1. The van der Waals surface area contributed by atoms with Gasteiger partial charge in [-0.3, -0.25) is 4.79 Å². The number of rotatable bonds is 3. The summed E-state index contributed by atoms with van der Waals surface area (Å²) in [5.74, 6) is 1.06. The van der Waals surface area contributed by atoms with Crippen molar-refractivity contribution in [3.63, 3.8) is 0 Å². The highest BCUT2D eigenvalue weighted by Crippen LogP contribution is 2.50. The zero-order valence-electron chi connectivity index (χ0n) is 18.8. The molecule has 1 N–H and O–H groups in total. The van der Waals surface area contributed by atoms with Crippen LogP contribution in [0.15, 0.2) is 94.7 Å². The number of carbonyl (C=O) groups excluding carboxylic acids is 1. The highest BCUT2D eigenvalue weighted by molar-refractivity contribution is 6.04. The van der Waals surface area contributed by atoms with Crippen molar-refractivity contribution >= 4 is 27.9 Å². The first-order chi connectivity index (χ1) is 16.1. The molecule has 33 heavy (non-hydrogen) atoms. The number of benzene rings is 3. The molecule has 2 heterocycles. The largest absolute Gasteiger partial charge is 0.469 e. The molecule has 4 aromatic rings. The number of Topliss-reactive ketones (excluding diaryl/α,β-unsaturated/α-hetero) is 1. The maximum Gasteiger partial charge on any atom is 0.162 e. The van der Waals surface area contributed by atoms with E-state index in [4.69, 9.17) is 4.42 Å². The van der Waals surface area contributed by atoms with Gasteiger partial charge in [0, 0.05) is 55.0 Å². The molecule has 0 radical (unpaired) electrons. The predicted molar refractivity (Wildman–Crippen MR) is 133 cm³/mol. The second-order valence-electron chi connectivity index (χ2n) is 9.23. The molecule has 0 spiro atoms. The van der Waals surface area contributed by atoms with Gasteiger partial charge in [-0.05, 0) is 58.7 Å². The van der Waals surface area contributed by atoms with E-state index < -0.39 is 0 Å². The fraction of sp³-hybridized carbons (Fsp3) is 0.207. The third-order valence-corrected chi connectivity index (χ3v) is 7.03. The highest BCUT2D eigenvalue weighted by Gasteiger charge is 2.39. The third-order valence-electron chi connectivity index (χ3n) is 7.03. The number of nitrogens with zero attached hydrogens (tertiary/aromatic N) is 1. The Hall–Kier alpha value is -3.79. The Morgan fingerprint density at radius 2 is 1.73 bits per heavy atom. The van der Waals surface area contributed by atoms with Gasteiger partial charge in [0.25, 0.3) is 0 Å². The molecule has 0 saturated carbocycles. The van der Waals surface area contributed by atoms with Crippen molar-refractivity contribution < 1.29 is 9.21 Å². The fourth-order valence-electron chi connectivity index (χ4n) is 5.43. The minimum absolute atomic E-state index is 0.0672. The van der Waals surface area contributed by atoms with Crippen molar-refractivity contribution in [1.82, 2.24) is 0 Å². The number of nitrogens with one attached hydrogen (secondary N) is 1. The van der Waals surface area contributed by atoms with E-state index in [1.807, 2.05) is 26.2 Å². The zero-order valence-corrected chi connectivity index (χ0v) is 18.8. The fourth-order valence-corrected chi connectivity index (χ4v) is 5.43. The van der Waals surface area contributed by atoms with Gasteiger partial charge < -0.3 is 14.6 Å². The van der Waals surface area contributed by atoms with Crippen LogP contribution in [0.5, 0.6) is 0 Å². The first-order valence-electron chi connectivity index (χ1n) is 11.5. The average molecular weight is 435 g/mol. The van der Waals surface area contributed by atoms with Gasteiger partial charge in [-0.1, -0.05) is 42.5 Å². The van der Waals surface area contributed by atoms with E-state index in [1.54, 1.807) is 6.26 Å². The summed E-state index contributed by atoms with van der Waals surface area (Å²) in [6.45, 7) is 0. The second-order valence-corrected chi connectivity index (χ2v) is 9.23. The van der Waals surface area contributed by atoms with Gasteiger partial charge in [-0.25, -0.2) is 0 Å². The van der Waals surface area contributed by atoms with Crippen LogP contribution in [0, 0.1) is 0 Å². The van der Waals surface area contributed by atoms with Gasteiger partial charge in [-0.2, -0.15) is 0 Å². The molecule has 1 aliphatic carbocycles. The Morgan fingerprint density at radius 3 is 2.48 bits per heavy atom. The lowest BCUT2D eigenvalue weighted by Crippen LogP contribution is -2.29. The Bertz CT molecular complexity index is 1380. The molecule has 0 unspecified atom stereocenters. The molecule has 0 amide bonds. The summed E-state index contributed by atoms with van der Waals surface area (Å²) < 4.78 is 5.67. The van der Waals surface area contributed by atoms with Crippen molar-refractivity contribution in [2.75, 3.05) is 24.3 Å². The van der Waals surface area contributed by atoms with E-state index in [9.17, 15) is 4.79 Å². The van der Waals surface area contributed by atoms with Crippen LogP contribution in [0.3, 0.4) is 0 Å². The molecule has 2 atom stereocenters. The Balaban J connectivity index is 1.55. The minimum Gasteiger partial charge on any atom is -0.469 e. The second kappa shape index (κ2) is 7.66. The maximum atomic E-state index is 13.7. The molecule has 4 nitrogen and oxygen atoms in total. The number of hydrogen-bond donors (Lipinski definition) is 1. The standard InChI is InChI=1S/C29H26N2O2/c1-31(2)21-12-9-19(10-13-21)27-28-22-7-4-3-6-18(22)11-14-23(28)30-24-16-20(17-25(32)29(24)27)26-8-5-15-33-26/h3-15,20,27,30H,16-17H2,1-2H3/t20-,27-/m0/s1. The Morgan fingerprint density at radius 1 is 0.909 bits per heavy atom. The maximum absolute atomic E-state index is 13.7. The van der Waals surface area contributed by atoms with Crippen LogP contribution in [0.2, 0.25) is 0 Å². The zero-order chi connectivity index (χ0) is 22.5. The van der Waals surface area contributed by atoms with E-state index in [0.717, 1.165) is 40.4 Å². The van der Waals surface area contributed by atoms with E-state index in [2.05, 4.69) is 70.9 Å². The van der Waals surface area contributed by atoms with Crippen LogP contribution in [0.4, 0.5) is 11.4 Å². The first-order valence-corrected chi connectivity index (χ1v) is 11.5. The predicted octanol–water partition coefficient (Wildman–Crippen LogP) is 6.46. The third kappa shape index (κ3) is 3.25. The van der Waals surface area contributed by atoms with E-state index in [0.29, 0.717) is 6.42 Å². The molecule has 6 rings (SSSR count). The molecule has 0 bridgehead atoms. The molecule has 4 heteroatoms. The molecule has 0 fully saturated rings. The van der Waals surface area contributed by atoms with Crippen LogP contribution < -0.4 is 10.2 Å². The lowest BCUT2D eigenvalue weighted by molar-refractivity contribution is -0.116. The smallest absolute Gasteiger partial charge is 0.162 e. The quantitative estimate of drug-likeness (QED) is 0.402. The van der Waals surface area contributed by atoms with Gasteiger partial charge >= 0.3 is 0 Å². The van der Waals surface area contributed by atoms with E-state index >= 15 is 0 Å². The van der Waals surface area contributed by atoms with Gasteiger partial charge in [0.15, 0.2) is 5.78 Å². The van der Waals surface area contributed by atoms with Crippen LogP contribution in [-0.4, -0.2) is 19.9 Å². The molecule has 1 aliphatic heterocycles. The molecule has 0 saturated heterocycles. The Labute approximate surface area is 193 Å². The molecule has 164 valence electrons. The molecule has 2 aliphatic rings. The van der Waals surface area contributed by atoms with Crippen molar-refractivity contribution in [1.29, 1.82) is 0 Å². The molecular formula is C29H26N2O2. The summed E-state index contributed by atoms with van der Waals surface area (Å²) in [4.78, 5) is 15.8. The monoisotopic (exact) mass is 434 g/mol. The minimum atomic E-state index is -0.0939. The SMILES string of the molecule is CN(C)c1ccc([C@@H]2C3=C(C[C@H](c4ccco4)CC3=O)Nc3ccc4ccccc4c32)cc1. The summed E-state index contributed by atoms with van der Waals surface area (Å²) in [6, 6.07) is 25.3. The van der Waals surface area contributed by atoms with E-state index in [1.165, 1.54) is 16.3 Å². The average Bonchev–Trinajstić information content (AvgIpc) is 3.38. The number of furan rings is 1. The topological polar surface area (TPSA) is 45.5 Å². The molecule has 3 aromatic carbocycles. The van der Waals surface area contributed by atoms with Gasteiger partial charge in [0.1, 0.15) is 5.76 Å². The number of allylic oxidation sites excluding steroid dienone is 2. The number of carbonyl (C=O) groups is 1. The summed E-state index contributed by atoms with van der Waals surface area (Å²) in [5, 5.41) is 6.03. The van der Waals surface area contributed by atoms with Crippen LogP contribution >= 0.6 is 0 Å². The van der Waals surface area contributed by atoms with Gasteiger partial charge in [-0.15, -0.1) is 0 Å². The number of anilines is 2. The van der Waals surface area contributed by atoms with Crippen LogP contribution in [0.25, 0.3) is 10.8 Å². The molecule has 1 aromatic heterocycles. The summed E-state index contributed by atoms with van der Waals surface area (Å²) in [6.07, 6.45) is 2.93. The van der Waals surface area contributed by atoms with Crippen molar-refractivity contribution in [3.05, 3.63) is 107 Å². The Kier molecular flexibility index (Phi) is 4.61. The lowest BCUT2D eigenvalue weighted by atomic mass is 9.71. The van der Waals surface area contributed by atoms with Crippen LogP contribution in [0.1, 0.15) is 41.6 Å². The molecular weight excluding hydrogens is 408 g/mol. The lowest BCUT2D eigenvalue weighted by Gasteiger charge is -2.37.